The molecule has 1 atom stereocenters. The summed E-state index contributed by atoms with van der Waals surface area (Å²) in [5.41, 5.74) is 2.26. The molecule has 6 heteroatoms. The van der Waals surface area contributed by atoms with Crippen LogP contribution in [0.25, 0.3) is 0 Å². The molecule has 5 nitrogen and oxygen atoms in total. The van der Waals surface area contributed by atoms with Gasteiger partial charge in [0.2, 0.25) is 0 Å². The van der Waals surface area contributed by atoms with Crippen molar-refractivity contribution < 1.29 is 0 Å². The number of aliphatic imine (C=N–C) groups is 1. The molecule has 1 unspecified atom stereocenters. The van der Waals surface area contributed by atoms with Gasteiger partial charge in [-0.15, -0.1) is 24.0 Å². The predicted molar refractivity (Wildman–Crippen MR) is 124 cm³/mol. The van der Waals surface area contributed by atoms with Crippen LogP contribution < -0.4 is 16.2 Å². The third-order valence-corrected chi connectivity index (χ3v) is 4.40. The Morgan fingerprint density at radius 3 is 2.33 bits per heavy atom. The van der Waals surface area contributed by atoms with Gasteiger partial charge in [0.15, 0.2) is 5.96 Å². The molecule has 27 heavy (non-hydrogen) atoms. The minimum atomic E-state index is 0. The fourth-order valence-electron chi connectivity index (χ4n) is 2.41. The Hall–Kier alpha value is -1.83. The molecule has 2 aromatic rings. The molecule has 0 spiro atoms. The maximum Gasteiger partial charge on any atom is 0.250 e. The second-order valence-corrected chi connectivity index (χ2v) is 6.86. The molecule has 0 bridgehead atoms. The lowest BCUT2D eigenvalue weighted by atomic mass is 10.1. The molecule has 1 aromatic carbocycles. The first-order valence-corrected chi connectivity index (χ1v) is 9.27. The Bertz CT molecular complexity index is 768. The summed E-state index contributed by atoms with van der Waals surface area (Å²) in [5, 5.41) is 6.73. The van der Waals surface area contributed by atoms with Crippen molar-refractivity contribution in [3.05, 3.63) is 70.1 Å². The van der Waals surface area contributed by atoms with Crippen molar-refractivity contribution in [1.82, 2.24) is 15.2 Å². The van der Waals surface area contributed by atoms with Crippen molar-refractivity contribution in [3.63, 3.8) is 0 Å². The second-order valence-electron chi connectivity index (χ2n) is 6.86. The zero-order valence-electron chi connectivity index (χ0n) is 16.6. The van der Waals surface area contributed by atoms with Crippen LogP contribution in [0.4, 0.5) is 0 Å². The van der Waals surface area contributed by atoms with E-state index in [0.29, 0.717) is 25.0 Å². The van der Waals surface area contributed by atoms with E-state index in [1.54, 1.807) is 16.7 Å². The Morgan fingerprint density at radius 1 is 1.07 bits per heavy atom. The van der Waals surface area contributed by atoms with E-state index in [1.165, 1.54) is 0 Å². The number of nitrogens with one attached hydrogen (secondary N) is 2. The minimum Gasteiger partial charge on any atom is -0.357 e. The van der Waals surface area contributed by atoms with Crippen LogP contribution in [-0.4, -0.2) is 23.1 Å². The Balaban J connectivity index is 0.00000364. The molecular formula is C21H31IN4O. The third kappa shape index (κ3) is 7.74. The smallest absolute Gasteiger partial charge is 0.250 e. The van der Waals surface area contributed by atoms with Crippen LogP contribution in [0.1, 0.15) is 38.8 Å². The van der Waals surface area contributed by atoms with Crippen LogP contribution in [0.2, 0.25) is 0 Å². The van der Waals surface area contributed by atoms with Gasteiger partial charge in [-0.2, -0.15) is 0 Å². The van der Waals surface area contributed by atoms with E-state index in [-0.39, 0.29) is 29.5 Å². The second kappa shape index (κ2) is 11.8. The molecule has 0 aliphatic carbocycles. The summed E-state index contributed by atoms with van der Waals surface area (Å²) < 4.78 is 1.70. The van der Waals surface area contributed by atoms with Crippen LogP contribution in [-0.2, 0) is 13.1 Å². The van der Waals surface area contributed by atoms with Crippen LogP contribution in [0.3, 0.4) is 0 Å². The third-order valence-electron chi connectivity index (χ3n) is 4.40. The monoisotopic (exact) mass is 482 g/mol. The number of hydrogen-bond acceptors (Lipinski definition) is 2. The number of nitrogens with zero attached hydrogens (tertiary/aromatic N) is 2. The zero-order valence-corrected chi connectivity index (χ0v) is 18.9. The highest BCUT2D eigenvalue weighted by Gasteiger charge is 2.08. The van der Waals surface area contributed by atoms with Crippen LogP contribution >= 0.6 is 24.0 Å². The molecule has 0 aliphatic rings. The van der Waals surface area contributed by atoms with Gasteiger partial charge in [0, 0.05) is 24.8 Å². The van der Waals surface area contributed by atoms with E-state index in [0.717, 1.165) is 23.6 Å². The first-order chi connectivity index (χ1) is 12.5. The zero-order chi connectivity index (χ0) is 18.9. The normalized spacial score (nSPS) is 12.4. The molecule has 0 amide bonds. The van der Waals surface area contributed by atoms with Crippen LogP contribution in [0, 0.1) is 5.92 Å². The number of halogens is 1. The van der Waals surface area contributed by atoms with Gasteiger partial charge in [-0.3, -0.25) is 4.79 Å². The molecule has 1 heterocycles. The fraction of sp³-hybridized carbons (Fsp3) is 0.429. The van der Waals surface area contributed by atoms with E-state index in [2.05, 4.69) is 67.6 Å². The maximum absolute atomic E-state index is 11.8. The van der Waals surface area contributed by atoms with Crippen LogP contribution in [0.5, 0.6) is 0 Å². The quantitative estimate of drug-likeness (QED) is 0.360. The van der Waals surface area contributed by atoms with Crippen molar-refractivity contribution in [1.29, 1.82) is 0 Å². The molecule has 0 radical (unpaired) electrons. The Kier molecular flexibility index (Phi) is 10.1. The summed E-state index contributed by atoms with van der Waals surface area (Å²) in [7, 11) is 0. The SMILES string of the molecule is CCNC(=NCc1ccc(Cn2ccccc2=O)cc1)NC(C)C(C)C.I. The van der Waals surface area contributed by atoms with E-state index >= 15 is 0 Å². The van der Waals surface area contributed by atoms with E-state index in [4.69, 9.17) is 0 Å². The molecule has 0 saturated carbocycles. The topological polar surface area (TPSA) is 58.4 Å². The lowest BCUT2D eigenvalue weighted by Gasteiger charge is -2.20. The van der Waals surface area contributed by atoms with Crippen molar-refractivity contribution in [2.45, 2.75) is 46.8 Å². The van der Waals surface area contributed by atoms with E-state index < -0.39 is 0 Å². The number of guanidine groups is 1. The van der Waals surface area contributed by atoms with Gasteiger partial charge in [-0.1, -0.05) is 44.2 Å². The minimum absolute atomic E-state index is 0. The summed E-state index contributed by atoms with van der Waals surface area (Å²) in [6.07, 6.45) is 1.81. The molecule has 148 valence electrons. The number of aromatic nitrogens is 1. The van der Waals surface area contributed by atoms with Gasteiger partial charge in [-0.05, 0) is 37.0 Å². The summed E-state index contributed by atoms with van der Waals surface area (Å²) in [6.45, 7) is 10.7. The largest absolute Gasteiger partial charge is 0.357 e. The first kappa shape index (κ1) is 23.2. The van der Waals surface area contributed by atoms with Crippen molar-refractivity contribution >= 4 is 29.9 Å². The van der Waals surface area contributed by atoms with E-state index in [9.17, 15) is 4.79 Å². The summed E-state index contributed by atoms with van der Waals surface area (Å²) in [5.74, 6) is 1.38. The molecule has 2 rings (SSSR count). The lowest BCUT2D eigenvalue weighted by molar-refractivity contribution is 0.481. The highest BCUT2D eigenvalue weighted by molar-refractivity contribution is 14.0. The molecule has 0 fully saturated rings. The highest BCUT2D eigenvalue weighted by atomic mass is 127. The summed E-state index contributed by atoms with van der Waals surface area (Å²) >= 11 is 0. The van der Waals surface area contributed by atoms with Crippen molar-refractivity contribution in [2.75, 3.05) is 6.54 Å². The van der Waals surface area contributed by atoms with Gasteiger partial charge >= 0.3 is 0 Å². The fourth-order valence-corrected chi connectivity index (χ4v) is 2.41. The first-order valence-electron chi connectivity index (χ1n) is 9.27. The van der Waals surface area contributed by atoms with Crippen molar-refractivity contribution in [3.8, 4) is 0 Å². The molecule has 1 aromatic heterocycles. The highest BCUT2D eigenvalue weighted by Crippen LogP contribution is 2.07. The lowest BCUT2D eigenvalue weighted by Crippen LogP contribution is -2.44. The van der Waals surface area contributed by atoms with Gasteiger partial charge in [0.1, 0.15) is 0 Å². The average Bonchev–Trinajstić information content (AvgIpc) is 2.63. The standard InChI is InChI=1S/C21H30N4O.HI/c1-5-22-21(24-17(4)16(2)3)23-14-18-9-11-19(12-10-18)15-25-13-7-6-8-20(25)26;/h6-13,16-17H,5,14-15H2,1-4H3,(H2,22,23,24);1H. The molecule has 0 aliphatic heterocycles. The van der Waals surface area contributed by atoms with E-state index in [1.807, 2.05) is 12.3 Å². The summed E-state index contributed by atoms with van der Waals surface area (Å²) in [4.78, 5) is 16.5. The molecular weight excluding hydrogens is 451 g/mol. The maximum atomic E-state index is 11.8. The van der Waals surface area contributed by atoms with Gasteiger partial charge in [0.05, 0.1) is 13.1 Å². The number of hydrogen-bond donors (Lipinski definition) is 2. The van der Waals surface area contributed by atoms with Crippen molar-refractivity contribution in [2.24, 2.45) is 10.9 Å². The molecule has 2 N–H and O–H groups in total. The van der Waals surface area contributed by atoms with Gasteiger partial charge < -0.3 is 15.2 Å². The van der Waals surface area contributed by atoms with Gasteiger partial charge in [-0.25, -0.2) is 4.99 Å². The number of benzene rings is 1. The molecule has 0 saturated heterocycles. The van der Waals surface area contributed by atoms with Gasteiger partial charge in [0.25, 0.3) is 5.56 Å². The van der Waals surface area contributed by atoms with Crippen LogP contribution in [0.15, 0.2) is 58.4 Å². The summed E-state index contributed by atoms with van der Waals surface area (Å²) in [6, 6.07) is 13.8. The predicted octanol–water partition coefficient (Wildman–Crippen LogP) is 3.61. The average molecular weight is 482 g/mol. The Morgan fingerprint density at radius 2 is 1.74 bits per heavy atom. The number of rotatable bonds is 7. The number of pyridine rings is 1. The Labute approximate surface area is 179 Å².